The molecule has 0 bridgehead atoms. The maximum absolute atomic E-state index is 11.5. The Bertz CT molecular complexity index is 418. The molecule has 0 unspecified atom stereocenters. The van der Waals surface area contributed by atoms with E-state index in [1.54, 1.807) is 12.1 Å². The number of carboxylic acids is 1. The summed E-state index contributed by atoms with van der Waals surface area (Å²) in [6.07, 6.45) is 10.4. The number of unbranched alkanes of at least 4 members (excludes halogenated alkanes) is 7. The third-order valence-corrected chi connectivity index (χ3v) is 3.63. The fourth-order valence-corrected chi connectivity index (χ4v) is 2.48. The standard InChI is InChI=1S/C17H26O3.Na/c1-2-3-4-5-6-7-8-9-11-14-12-10-13-15(18)16(14)17(19)20;/h10,12-13,18H,2-9,11H2,1H3,(H,19,20);/q;+1/p-1. The molecule has 3 nitrogen and oxygen atoms in total. The van der Waals surface area contributed by atoms with Crippen LogP contribution in [0.5, 0.6) is 5.75 Å². The molecule has 0 saturated carbocycles. The molecular formula is C17H25NaO3. The zero-order chi connectivity index (χ0) is 14.8. The van der Waals surface area contributed by atoms with Crippen LogP contribution in [0.25, 0.3) is 0 Å². The fourth-order valence-electron chi connectivity index (χ4n) is 2.48. The van der Waals surface area contributed by atoms with Gasteiger partial charge < -0.3 is 10.2 Å². The normalized spacial score (nSPS) is 10.1. The first kappa shape index (κ1) is 20.5. The Labute approximate surface area is 150 Å². The Balaban J connectivity index is 0.00000400. The number of hydrogen-bond donors (Lipinski definition) is 1. The van der Waals surface area contributed by atoms with Crippen LogP contribution in [0.2, 0.25) is 0 Å². The molecule has 0 aromatic heterocycles. The van der Waals surface area contributed by atoms with Gasteiger partial charge in [0.15, 0.2) is 0 Å². The van der Waals surface area contributed by atoms with E-state index in [9.17, 15) is 9.90 Å². The molecule has 0 fully saturated rings. The van der Waals surface area contributed by atoms with Crippen molar-refractivity contribution in [3.63, 3.8) is 0 Å². The van der Waals surface area contributed by atoms with Crippen LogP contribution in [0, 0.1) is 0 Å². The summed E-state index contributed by atoms with van der Waals surface area (Å²) >= 11 is 0. The molecule has 0 aliphatic carbocycles. The first-order chi connectivity index (χ1) is 9.66. The van der Waals surface area contributed by atoms with Gasteiger partial charge in [0.2, 0.25) is 0 Å². The maximum atomic E-state index is 11.5. The largest absolute Gasteiger partial charge is 1.00 e. The van der Waals surface area contributed by atoms with E-state index in [1.165, 1.54) is 44.6 Å². The summed E-state index contributed by atoms with van der Waals surface area (Å²) in [5.41, 5.74) is 0.631. The van der Waals surface area contributed by atoms with Crippen molar-refractivity contribution in [3.8, 4) is 5.75 Å². The maximum Gasteiger partial charge on any atom is 1.00 e. The van der Waals surface area contributed by atoms with Crippen molar-refractivity contribution in [3.05, 3.63) is 29.3 Å². The first-order valence-corrected chi connectivity index (χ1v) is 7.69. The molecule has 21 heavy (non-hydrogen) atoms. The van der Waals surface area contributed by atoms with E-state index in [2.05, 4.69) is 6.92 Å². The molecule has 112 valence electrons. The van der Waals surface area contributed by atoms with Gasteiger partial charge in [-0.1, -0.05) is 75.8 Å². The van der Waals surface area contributed by atoms with Crippen molar-refractivity contribution in [1.29, 1.82) is 0 Å². The first-order valence-electron chi connectivity index (χ1n) is 7.69. The number of carbonyl (C=O) groups is 1. The molecule has 0 spiro atoms. The van der Waals surface area contributed by atoms with Crippen LogP contribution in [-0.2, 0) is 6.42 Å². The van der Waals surface area contributed by atoms with Crippen LogP contribution in [0.15, 0.2) is 18.2 Å². The number of aryl methyl sites for hydroxylation is 1. The van der Waals surface area contributed by atoms with E-state index in [1.807, 2.05) is 0 Å². The second kappa shape index (κ2) is 12.1. The van der Waals surface area contributed by atoms with Gasteiger partial charge in [0.1, 0.15) is 0 Å². The molecule has 4 heteroatoms. The van der Waals surface area contributed by atoms with Gasteiger partial charge in [-0.2, -0.15) is 0 Å². The molecule has 0 amide bonds. The minimum Gasteiger partial charge on any atom is -0.872 e. The number of rotatable bonds is 10. The minimum absolute atomic E-state index is 0. The second-order valence-electron chi connectivity index (χ2n) is 5.32. The van der Waals surface area contributed by atoms with E-state index in [4.69, 9.17) is 5.11 Å². The van der Waals surface area contributed by atoms with E-state index in [0.29, 0.717) is 12.0 Å². The Morgan fingerprint density at radius 2 is 1.62 bits per heavy atom. The minimum atomic E-state index is -1.11. The van der Waals surface area contributed by atoms with Crippen molar-refractivity contribution in [2.75, 3.05) is 0 Å². The SMILES string of the molecule is CCCCCCCCCCc1cccc([O-])c1C(=O)O.[Na+]. The Morgan fingerprint density at radius 1 is 1.05 bits per heavy atom. The topological polar surface area (TPSA) is 60.4 Å². The average molecular weight is 300 g/mol. The van der Waals surface area contributed by atoms with Gasteiger partial charge in [0, 0.05) is 0 Å². The molecular weight excluding hydrogens is 275 g/mol. The summed E-state index contributed by atoms with van der Waals surface area (Å²) in [5.74, 6) is -1.49. The zero-order valence-corrected chi connectivity index (χ0v) is 15.4. The molecule has 0 heterocycles. The monoisotopic (exact) mass is 300 g/mol. The van der Waals surface area contributed by atoms with Crippen molar-refractivity contribution in [2.24, 2.45) is 0 Å². The summed E-state index contributed by atoms with van der Waals surface area (Å²) in [7, 11) is 0. The third kappa shape index (κ3) is 7.89. The predicted octanol–water partition coefficient (Wildman–Crippen LogP) is 1.15. The van der Waals surface area contributed by atoms with Crippen LogP contribution in [0.1, 0.15) is 74.2 Å². The number of aromatic carboxylic acids is 1. The van der Waals surface area contributed by atoms with Gasteiger partial charge >= 0.3 is 35.5 Å². The van der Waals surface area contributed by atoms with E-state index in [0.717, 1.165) is 12.8 Å². The van der Waals surface area contributed by atoms with Gasteiger partial charge in [0.25, 0.3) is 0 Å². The smallest absolute Gasteiger partial charge is 0.872 e. The van der Waals surface area contributed by atoms with Crippen LogP contribution in [0.3, 0.4) is 0 Å². The van der Waals surface area contributed by atoms with Gasteiger partial charge in [-0.3, -0.25) is 0 Å². The average Bonchev–Trinajstić information content (AvgIpc) is 2.41. The van der Waals surface area contributed by atoms with Crippen LogP contribution in [0.4, 0.5) is 0 Å². The molecule has 0 radical (unpaired) electrons. The van der Waals surface area contributed by atoms with Crippen LogP contribution in [-0.4, -0.2) is 11.1 Å². The summed E-state index contributed by atoms with van der Waals surface area (Å²) in [6, 6.07) is 4.72. The van der Waals surface area contributed by atoms with Gasteiger partial charge in [0.05, 0.1) is 5.56 Å². The van der Waals surface area contributed by atoms with Gasteiger partial charge in [-0.05, 0) is 18.4 Å². The number of carboxylic acid groups (broad SMARTS) is 1. The Morgan fingerprint density at radius 3 is 2.19 bits per heavy atom. The quantitative estimate of drug-likeness (QED) is 0.521. The molecule has 1 aromatic carbocycles. The van der Waals surface area contributed by atoms with Crippen LogP contribution < -0.4 is 34.7 Å². The summed E-state index contributed by atoms with van der Waals surface area (Å²) in [5, 5.41) is 20.6. The van der Waals surface area contributed by atoms with Gasteiger partial charge in [-0.25, -0.2) is 4.79 Å². The van der Waals surface area contributed by atoms with Crippen LogP contribution >= 0.6 is 0 Å². The Kier molecular flexibility index (Phi) is 11.8. The number of benzene rings is 1. The van der Waals surface area contributed by atoms with Gasteiger partial charge in [-0.15, -0.1) is 0 Å². The van der Waals surface area contributed by atoms with E-state index >= 15 is 0 Å². The Hall–Kier alpha value is -0.510. The van der Waals surface area contributed by atoms with Crippen molar-refractivity contribution >= 4 is 5.97 Å². The zero-order valence-electron chi connectivity index (χ0n) is 13.4. The molecule has 0 saturated heterocycles. The number of hydrogen-bond acceptors (Lipinski definition) is 2. The summed E-state index contributed by atoms with van der Waals surface area (Å²) in [6.45, 7) is 2.21. The predicted molar refractivity (Wildman–Crippen MR) is 79.2 cm³/mol. The van der Waals surface area contributed by atoms with Crippen molar-refractivity contribution < 1.29 is 44.6 Å². The fraction of sp³-hybridized carbons (Fsp3) is 0.588. The molecule has 1 aromatic rings. The van der Waals surface area contributed by atoms with Crippen molar-refractivity contribution in [1.82, 2.24) is 0 Å². The summed E-state index contributed by atoms with van der Waals surface area (Å²) in [4.78, 5) is 11.1. The third-order valence-electron chi connectivity index (χ3n) is 3.63. The molecule has 0 atom stereocenters. The molecule has 1 rings (SSSR count). The van der Waals surface area contributed by atoms with E-state index < -0.39 is 5.97 Å². The molecule has 0 aliphatic rings. The molecule has 1 N–H and O–H groups in total. The van der Waals surface area contributed by atoms with Crippen molar-refractivity contribution in [2.45, 2.75) is 64.7 Å². The second-order valence-corrected chi connectivity index (χ2v) is 5.32. The molecule has 0 aliphatic heterocycles. The summed E-state index contributed by atoms with van der Waals surface area (Å²) < 4.78 is 0. The van der Waals surface area contributed by atoms with E-state index in [-0.39, 0.29) is 40.9 Å².